The van der Waals surface area contributed by atoms with Crippen molar-refractivity contribution in [2.24, 2.45) is 0 Å². The van der Waals surface area contributed by atoms with Gasteiger partial charge in [0.1, 0.15) is 11.5 Å². The van der Waals surface area contributed by atoms with Gasteiger partial charge in [0, 0.05) is 19.3 Å². The van der Waals surface area contributed by atoms with Crippen molar-refractivity contribution in [3.05, 3.63) is 29.3 Å². The molecule has 0 saturated heterocycles. The second-order valence-corrected chi connectivity index (χ2v) is 4.69. The molecule has 0 atom stereocenters. The number of aryl methyl sites for hydroxylation is 1. The average Bonchev–Trinajstić information content (AvgIpc) is 2.80. The normalized spacial score (nSPS) is 14.1. The highest BCUT2D eigenvalue weighted by molar-refractivity contribution is 5.78. The molecule has 1 aromatic carbocycles. The van der Waals surface area contributed by atoms with E-state index in [0.717, 1.165) is 23.3 Å². The Labute approximate surface area is 109 Å². The molecule has 0 spiro atoms. The maximum Gasteiger partial charge on any atom is 0.389 e. The molecule has 1 aliphatic rings. The quantitative estimate of drug-likeness (QED) is 0.820. The van der Waals surface area contributed by atoms with Gasteiger partial charge in [0.15, 0.2) is 0 Å². The van der Waals surface area contributed by atoms with Crippen LogP contribution in [0.25, 0.3) is 0 Å². The van der Waals surface area contributed by atoms with Crippen molar-refractivity contribution in [3.63, 3.8) is 0 Å². The van der Waals surface area contributed by atoms with Crippen molar-refractivity contribution in [2.45, 2.75) is 38.3 Å². The minimum absolute atomic E-state index is 0.162. The van der Waals surface area contributed by atoms with Crippen LogP contribution in [0.3, 0.4) is 0 Å². The van der Waals surface area contributed by atoms with E-state index in [2.05, 4.69) is 0 Å². The van der Waals surface area contributed by atoms with Gasteiger partial charge in [-0.1, -0.05) is 12.1 Å². The maximum absolute atomic E-state index is 12.0. The van der Waals surface area contributed by atoms with Crippen LogP contribution in [0.4, 0.5) is 13.2 Å². The van der Waals surface area contributed by atoms with E-state index >= 15 is 0 Å². The van der Waals surface area contributed by atoms with E-state index in [-0.39, 0.29) is 12.2 Å². The number of hydrogen-bond acceptors (Lipinski definition) is 2. The highest BCUT2D eigenvalue weighted by Gasteiger charge is 2.27. The van der Waals surface area contributed by atoms with Crippen molar-refractivity contribution in [2.75, 3.05) is 6.61 Å². The number of halogens is 3. The largest absolute Gasteiger partial charge is 0.493 e. The summed E-state index contributed by atoms with van der Waals surface area (Å²) in [4.78, 5) is 11.4. The van der Waals surface area contributed by atoms with Gasteiger partial charge in [0.05, 0.1) is 13.0 Å². The first-order valence-electron chi connectivity index (χ1n) is 6.27. The zero-order valence-corrected chi connectivity index (χ0v) is 10.4. The molecule has 5 heteroatoms. The molecule has 0 bridgehead atoms. The predicted octanol–water partition coefficient (Wildman–Crippen LogP) is 3.47. The van der Waals surface area contributed by atoms with Gasteiger partial charge in [0.2, 0.25) is 0 Å². The molecule has 1 heterocycles. The van der Waals surface area contributed by atoms with Crippen LogP contribution in [0.1, 0.15) is 30.4 Å². The standard InChI is InChI=1S/C14H15F3O2/c15-14(16,17)7-5-12(18)3-1-10-2-4-13-11(9-10)6-8-19-13/h2,4,9H,1,3,5-8H2. The van der Waals surface area contributed by atoms with Crippen molar-refractivity contribution in [1.82, 2.24) is 0 Å². The summed E-state index contributed by atoms with van der Waals surface area (Å²) in [5, 5.41) is 0. The third kappa shape index (κ3) is 4.26. The van der Waals surface area contributed by atoms with Gasteiger partial charge in [-0.15, -0.1) is 0 Å². The predicted molar refractivity (Wildman–Crippen MR) is 64.3 cm³/mol. The Balaban J connectivity index is 1.81. The minimum Gasteiger partial charge on any atom is -0.493 e. The fourth-order valence-corrected chi connectivity index (χ4v) is 2.09. The van der Waals surface area contributed by atoms with Gasteiger partial charge < -0.3 is 4.74 Å². The van der Waals surface area contributed by atoms with Crippen molar-refractivity contribution < 1.29 is 22.7 Å². The molecule has 19 heavy (non-hydrogen) atoms. The van der Waals surface area contributed by atoms with Crippen LogP contribution in [-0.2, 0) is 17.6 Å². The van der Waals surface area contributed by atoms with Crippen molar-refractivity contribution in [3.8, 4) is 5.75 Å². The Kier molecular flexibility index (Phi) is 4.12. The molecule has 0 N–H and O–H groups in total. The summed E-state index contributed by atoms with van der Waals surface area (Å²) in [5.74, 6) is 0.529. The monoisotopic (exact) mass is 272 g/mol. The molecule has 2 rings (SSSR count). The van der Waals surface area contributed by atoms with E-state index in [1.807, 2.05) is 18.2 Å². The number of ether oxygens (including phenoxy) is 1. The number of hydrogen-bond donors (Lipinski definition) is 0. The fraction of sp³-hybridized carbons (Fsp3) is 0.500. The first kappa shape index (κ1) is 13.9. The molecule has 0 amide bonds. The number of fused-ring (bicyclic) bond motifs is 1. The fourth-order valence-electron chi connectivity index (χ4n) is 2.09. The van der Waals surface area contributed by atoms with Gasteiger partial charge >= 0.3 is 6.18 Å². The van der Waals surface area contributed by atoms with E-state index < -0.39 is 19.0 Å². The molecule has 0 radical (unpaired) electrons. The van der Waals surface area contributed by atoms with Crippen molar-refractivity contribution >= 4 is 5.78 Å². The summed E-state index contributed by atoms with van der Waals surface area (Å²) in [6, 6.07) is 5.69. The number of ketones is 1. The van der Waals surface area contributed by atoms with Gasteiger partial charge in [0.25, 0.3) is 0 Å². The van der Waals surface area contributed by atoms with Crippen molar-refractivity contribution in [1.29, 1.82) is 0 Å². The van der Waals surface area contributed by atoms with Crippen LogP contribution in [-0.4, -0.2) is 18.6 Å². The molecule has 0 unspecified atom stereocenters. The lowest BCUT2D eigenvalue weighted by atomic mass is 10.0. The Morgan fingerprint density at radius 1 is 1.26 bits per heavy atom. The number of benzene rings is 1. The molecule has 1 aliphatic heterocycles. The molecule has 104 valence electrons. The van der Waals surface area contributed by atoms with Crippen LogP contribution in [0.15, 0.2) is 18.2 Å². The third-order valence-electron chi connectivity index (χ3n) is 3.13. The molecule has 2 nitrogen and oxygen atoms in total. The molecule has 0 aliphatic carbocycles. The Bertz CT molecular complexity index is 466. The van der Waals surface area contributed by atoms with E-state index in [9.17, 15) is 18.0 Å². The number of rotatable bonds is 5. The smallest absolute Gasteiger partial charge is 0.389 e. The van der Waals surface area contributed by atoms with Crippen LogP contribution >= 0.6 is 0 Å². The molecule has 1 aromatic rings. The molecular formula is C14H15F3O2. The van der Waals surface area contributed by atoms with Crippen LogP contribution < -0.4 is 4.74 Å². The first-order valence-corrected chi connectivity index (χ1v) is 6.27. The van der Waals surface area contributed by atoms with Gasteiger partial charge in [-0.2, -0.15) is 13.2 Å². The summed E-state index contributed by atoms with van der Waals surface area (Å²) >= 11 is 0. The van der Waals surface area contributed by atoms with Gasteiger partial charge in [-0.3, -0.25) is 4.79 Å². The average molecular weight is 272 g/mol. The SMILES string of the molecule is O=C(CCc1ccc2c(c1)CCO2)CCC(F)(F)F. The number of carbonyl (C=O) groups excluding carboxylic acids is 1. The Morgan fingerprint density at radius 3 is 2.79 bits per heavy atom. The lowest BCUT2D eigenvalue weighted by Crippen LogP contribution is -2.11. The van der Waals surface area contributed by atoms with E-state index in [1.54, 1.807) is 0 Å². The highest BCUT2D eigenvalue weighted by atomic mass is 19.4. The highest BCUT2D eigenvalue weighted by Crippen LogP contribution is 2.26. The minimum atomic E-state index is -4.25. The Morgan fingerprint density at radius 2 is 2.05 bits per heavy atom. The molecule has 0 fully saturated rings. The topological polar surface area (TPSA) is 26.3 Å². The second-order valence-electron chi connectivity index (χ2n) is 4.69. The number of carbonyl (C=O) groups is 1. The maximum atomic E-state index is 12.0. The summed E-state index contributed by atoms with van der Waals surface area (Å²) < 4.78 is 41.3. The summed E-state index contributed by atoms with van der Waals surface area (Å²) in [6.07, 6.45) is -4.19. The summed E-state index contributed by atoms with van der Waals surface area (Å²) in [5.41, 5.74) is 2.09. The third-order valence-corrected chi connectivity index (χ3v) is 3.13. The lowest BCUT2D eigenvalue weighted by Gasteiger charge is -2.06. The van der Waals surface area contributed by atoms with Crippen LogP contribution in [0, 0.1) is 0 Å². The van der Waals surface area contributed by atoms with Gasteiger partial charge in [-0.05, 0) is 23.6 Å². The van der Waals surface area contributed by atoms with Crippen LogP contribution in [0.5, 0.6) is 5.75 Å². The molecular weight excluding hydrogens is 257 g/mol. The van der Waals surface area contributed by atoms with E-state index in [1.165, 1.54) is 0 Å². The van der Waals surface area contributed by atoms with E-state index in [0.29, 0.717) is 13.0 Å². The number of alkyl halides is 3. The second kappa shape index (κ2) is 5.63. The van der Waals surface area contributed by atoms with E-state index in [4.69, 9.17) is 4.74 Å². The molecule has 0 aromatic heterocycles. The Hall–Kier alpha value is -1.52. The first-order chi connectivity index (χ1) is 8.94. The zero-order valence-electron chi connectivity index (χ0n) is 10.4. The number of Topliss-reactive ketones (excluding diaryl/α,β-unsaturated/α-hetero) is 1. The molecule has 0 saturated carbocycles. The van der Waals surface area contributed by atoms with Gasteiger partial charge in [-0.25, -0.2) is 0 Å². The summed E-state index contributed by atoms with van der Waals surface area (Å²) in [6.45, 7) is 0.670. The zero-order chi connectivity index (χ0) is 13.9. The van der Waals surface area contributed by atoms with Crippen LogP contribution in [0.2, 0.25) is 0 Å². The lowest BCUT2D eigenvalue weighted by molar-refractivity contribution is -0.143. The summed E-state index contributed by atoms with van der Waals surface area (Å²) in [7, 11) is 0.